The van der Waals surface area contributed by atoms with Gasteiger partial charge >= 0.3 is 12.1 Å². The molecule has 2 unspecified atom stereocenters. The molecule has 0 bridgehead atoms. The van der Waals surface area contributed by atoms with Gasteiger partial charge < -0.3 is 20.7 Å². The standard InChI is InChI=1S/C12H21N3O3/c1-13-11(16)15-9-3-2-8(6-9)7-14-12(17)18-10-4-5-10/h8-10H,2-7H2,1H3,(H,14,17)(H2,13,15,16). The lowest BCUT2D eigenvalue weighted by Gasteiger charge is -2.13. The van der Waals surface area contributed by atoms with Gasteiger partial charge in [-0.25, -0.2) is 9.59 Å². The van der Waals surface area contributed by atoms with Crippen LogP contribution < -0.4 is 16.0 Å². The molecule has 3 amide bonds. The second-order valence-corrected chi connectivity index (χ2v) is 5.09. The van der Waals surface area contributed by atoms with Crippen molar-refractivity contribution in [3.63, 3.8) is 0 Å². The summed E-state index contributed by atoms with van der Waals surface area (Å²) in [6.07, 6.45) is 4.74. The van der Waals surface area contributed by atoms with E-state index in [-0.39, 0.29) is 24.3 Å². The minimum Gasteiger partial charge on any atom is -0.446 e. The number of hydrogen-bond acceptors (Lipinski definition) is 3. The molecule has 2 saturated carbocycles. The zero-order chi connectivity index (χ0) is 13.0. The third-order valence-corrected chi connectivity index (χ3v) is 3.44. The van der Waals surface area contributed by atoms with Crippen molar-refractivity contribution in [1.29, 1.82) is 0 Å². The van der Waals surface area contributed by atoms with Crippen LogP contribution in [0.15, 0.2) is 0 Å². The van der Waals surface area contributed by atoms with Crippen molar-refractivity contribution >= 4 is 12.1 Å². The van der Waals surface area contributed by atoms with Gasteiger partial charge in [0.1, 0.15) is 6.10 Å². The molecule has 6 heteroatoms. The summed E-state index contributed by atoms with van der Waals surface area (Å²) >= 11 is 0. The van der Waals surface area contributed by atoms with E-state index in [0.717, 1.165) is 32.1 Å². The van der Waals surface area contributed by atoms with Gasteiger partial charge in [-0.2, -0.15) is 0 Å². The second-order valence-electron chi connectivity index (χ2n) is 5.09. The van der Waals surface area contributed by atoms with Crippen LogP contribution in [0.1, 0.15) is 32.1 Å². The van der Waals surface area contributed by atoms with E-state index in [4.69, 9.17) is 4.74 Å². The summed E-state index contributed by atoms with van der Waals surface area (Å²) in [6.45, 7) is 0.636. The highest BCUT2D eigenvalue weighted by molar-refractivity contribution is 5.73. The Morgan fingerprint density at radius 3 is 2.67 bits per heavy atom. The number of ether oxygens (including phenoxy) is 1. The van der Waals surface area contributed by atoms with E-state index in [2.05, 4.69) is 16.0 Å². The van der Waals surface area contributed by atoms with Gasteiger partial charge in [-0.3, -0.25) is 0 Å². The maximum Gasteiger partial charge on any atom is 0.407 e. The van der Waals surface area contributed by atoms with Gasteiger partial charge in [-0.1, -0.05) is 0 Å². The van der Waals surface area contributed by atoms with Crippen LogP contribution in [0.2, 0.25) is 0 Å². The lowest BCUT2D eigenvalue weighted by molar-refractivity contribution is 0.137. The summed E-state index contributed by atoms with van der Waals surface area (Å²) in [5.41, 5.74) is 0. The molecule has 6 nitrogen and oxygen atoms in total. The van der Waals surface area contributed by atoms with Crippen molar-refractivity contribution in [2.75, 3.05) is 13.6 Å². The van der Waals surface area contributed by atoms with Crippen molar-refractivity contribution in [3.8, 4) is 0 Å². The molecule has 0 aliphatic heterocycles. The topological polar surface area (TPSA) is 79.5 Å². The summed E-state index contributed by atoms with van der Waals surface area (Å²) in [5, 5.41) is 8.23. The SMILES string of the molecule is CNC(=O)NC1CCC(CNC(=O)OC2CC2)C1. The quantitative estimate of drug-likeness (QED) is 0.700. The van der Waals surface area contributed by atoms with E-state index in [1.54, 1.807) is 7.05 Å². The molecule has 102 valence electrons. The molecule has 0 saturated heterocycles. The molecule has 0 aromatic carbocycles. The van der Waals surface area contributed by atoms with E-state index < -0.39 is 0 Å². The summed E-state index contributed by atoms with van der Waals surface area (Å²) in [6, 6.07) is 0.0814. The lowest BCUT2D eigenvalue weighted by Crippen LogP contribution is -2.39. The predicted octanol–water partition coefficient (Wildman–Crippen LogP) is 0.973. The van der Waals surface area contributed by atoms with E-state index in [9.17, 15) is 9.59 Å². The minimum atomic E-state index is -0.305. The van der Waals surface area contributed by atoms with Gasteiger partial charge in [0, 0.05) is 19.6 Å². The van der Waals surface area contributed by atoms with E-state index in [0.29, 0.717) is 12.5 Å². The maximum atomic E-state index is 11.3. The van der Waals surface area contributed by atoms with Crippen LogP contribution in [0.4, 0.5) is 9.59 Å². The zero-order valence-electron chi connectivity index (χ0n) is 10.7. The van der Waals surface area contributed by atoms with Crippen molar-refractivity contribution in [3.05, 3.63) is 0 Å². The monoisotopic (exact) mass is 255 g/mol. The molecule has 0 heterocycles. The Labute approximate surface area is 107 Å². The molecule has 0 aromatic rings. The predicted molar refractivity (Wildman–Crippen MR) is 66.2 cm³/mol. The molecule has 0 aromatic heterocycles. The van der Waals surface area contributed by atoms with E-state index in [1.807, 2.05) is 0 Å². The van der Waals surface area contributed by atoms with Gasteiger partial charge in [0.05, 0.1) is 0 Å². The fraction of sp³-hybridized carbons (Fsp3) is 0.833. The number of hydrogen-bond donors (Lipinski definition) is 3. The van der Waals surface area contributed by atoms with Crippen LogP contribution >= 0.6 is 0 Å². The molecule has 2 aliphatic rings. The first-order chi connectivity index (χ1) is 8.67. The normalized spacial score (nSPS) is 26.5. The number of carbonyl (C=O) groups is 2. The van der Waals surface area contributed by atoms with E-state index >= 15 is 0 Å². The van der Waals surface area contributed by atoms with Crippen molar-refractivity contribution < 1.29 is 14.3 Å². The Bertz CT molecular complexity index is 318. The lowest BCUT2D eigenvalue weighted by atomic mass is 10.1. The highest BCUT2D eigenvalue weighted by atomic mass is 16.6. The Hall–Kier alpha value is -1.46. The number of urea groups is 1. The van der Waals surface area contributed by atoms with Crippen LogP contribution in [-0.2, 0) is 4.74 Å². The van der Waals surface area contributed by atoms with Gasteiger partial charge in [0.15, 0.2) is 0 Å². The van der Waals surface area contributed by atoms with Gasteiger partial charge in [0.25, 0.3) is 0 Å². The zero-order valence-corrected chi connectivity index (χ0v) is 10.7. The van der Waals surface area contributed by atoms with E-state index in [1.165, 1.54) is 0 Å². The fourth-order valence-electron chi connectivity index (χ4n) is 2.26. The molecule has 2 rings (SSSR count). The Morgan fingerprint density at radius 1 is 1.22 bits per heavy atom. The van der Waals surface area contributed by atoms with Crippen LogP contribution in [0.3, 0.4) is 0 Å². The first-order valence-corrected chi connectivity index (χ1v) is 6.60. The fourth-order valence-corrected chi connectivity index (χ4v) is 2.26. The number of nitrogens with one attached hydrogen (secondary N) is 3. The average Bonchev–Trinajstić information content (AvgIpc) is 3.05. The summed E-state index contributed by atoms with van der Waals surface area (Å²) in [7, 11) is 1.61. The molecule has 2 atom stereocenters. The summed E-state index contributed by atoms with van der Waals surface area (Å²) < 4.78 is 5.10. The van der Waals surface area contributed by atoms with Gasteiger partial charge in [-0.15, -0.1) is 0 Å². The molecule has 2 aliphatic carbocycles. The first-order valence-electron chi connectivity index (χ1n) is 6.60. The van der Waals surface area contributed by atoms with Crippen LogP contribution in [0.25, 0.3) is 0 Å². The summed E-state index contributed by atoms with van der Waals surface area (Å²) in [4.78, 5) is 22.5. The maximum absolute atomic E-state index is 11.3. The largest absolute Gasteiger partial charge is 0.446 e. The number of amides is 3. The van der Waals surface area contributed by atoms with Crippen molar-refractivity contribution in [1.82, 2.24) is 16.0 Å². The Morgan fingerprint density at radius 2 is 2.00 bits per heavy atom. The van der Waals surface area contributed by atoms with Crippen LogP contribution in [0, 0.1) is 5.92 Å². The molecule has 0 spiro atoms. The molecule has 3 N–H and O–H groups in total. The molecular weight excluding hydrogens is 234 g/mol. The smallest absolute Gasteiger partial charge is 0.407 e. The highest BCUT2D eigenvalue weighted by Gasteiger charge is 2.28. The molecule has 2 fully saturated rings. The first kappa shape index (κ1) is 13.0. The molecule has 18 heavy (non-hydrogen) atoms. The number of alkyl carbamates (subject to hydrolysis) is 1. The summed E-state index contributed by atoms with van der Waals surface area (Å²) in [5.74, 6) is 0.430. The van der Waals surface area contributed by atoms with Crippen LogP contribution in [0.5, 0.6) is 0 Å². The van der Waals surface area contributed by atoms with Gasteiger partial charge in [-0.05, 0) is 38.0 Å². The van der Waals surface area contributed by atoms with Crippen LogP contribution in [-0.4, -0.2) is 37.9 Å². The highest BCUT2D eigenvalue weighted by Crippen LogP contribution is 2.25. The van der Waals surface area contributed by atoms with Gasteiger partial charge in [0.2, 0.25) is 0 Å². The minimum absolute atomic E-state index is 0.137. The third-order valence-electron chi connectivity index (χ3n) is 3.44. The Kier molecular flexibility index (Phi) is 4.28. The number of carbonyl (C=O) groups excluding carboxylic acids is 2. The molecular formula is C12H21N3O3. The average molecular weight is 255 g/mol. The Balaban J connectivity index is 1.59. The third kappa shape index (κ3) is 4.09. The molecule has 0 radical (unpaired) electrons. The van der Waals surface area contributed by atoms with Crippen molar-refractivity contribution in [2.45, 2.75) is 44.2 Å². The van der Waals surface area contributed by atoms with Crippen molar-refractivity contribution in [2.24, 2.45) is 5.92 Å². The number of rotatable bonds is 4. The second kappa shape index (κ2) is 5.93.